The Morgan fingerprint density at radius 3 is 2.78 bits per heavy atom. The van der Waals surface area contributed by atoms with E-state index in [9.17, 15) is 9.59 Å². The molecule has 4 nitrogen and oxygen atoms in total. The monoisotopic (exact) mass is 388 g/mol. The van der Waals surface area contributed by atoms with E-state index >= 15 is 0 Å². The van der Waals surface area contributed by atoms with Crippen molar-refractivity contribution >= 4 is 23.2 Å². The zero-order valence-corrected chi connectivity index (χ0v) is 17.1. The zero-order chi connectivity index (χ0) is 18.7. The van der Waals surface area contributed by atoms with Gasteiger partial charge in [0.25, 0.3) is 0 Å². The maximum absolute atomic E-state index is 13.3. The molecule has 1 aromatic heterocycles. The fourth-order valence-electron chi connectivity index (χ4n) is 5.31. The van der Waals surface area contributed by atoms with Gasteiger partial charge in [0.1, 0.15) is 0 Å². The summed E-state index contributed by atoms with van der Waals surface area (Å²) in [5.41, 5.74) is -0.286. The molecule has 1 unspecified atom stereocenters. The van der Waals surface area contributed by atoms with Gasteiger partial charge in [0, 0.05) is 37.5 Å². The lowest BCUT2D eigenvalue weighted by atomic mass is 9.77. The number of rotatable bonds is 5. The average Bonchev–Trinajstić information content (AvgIpc) is 3.35. The molecule has 3 aliphatic rings. The van der Waals surface area contributed by atoms with Gasteiger partial charge in [-0.3, -0.25) is 9.59 Å². The molecule has 3 fully saturated rings. The molecule has 0 aromatic carbocycles. The Morgan fingerprint density at radius 2 is 2.00 bits per heavy atom. The molecule has 5 heteroatoms. The fourth-order valence-corrected chi connectivity index (χ4v) is 6.02. The van der Waals surface area contributed by atoms with Crippen molar-refractivity contribution in [1.82, 2.24) is 9.80 Å². The minimum Gasteiger partial charge on any atom is -0.342 e. The van der Waals surface area contributed by atoms with Crippen LogP contribution in [-0.2, 0) is 16.0 Å². The van der Waals surface area contributed by atoms with Gasteiger partial charge < -0.3 is 9.80 Å². The highest BCUT2D eigenvalue weighted by atomic mass is 32.1. The summed E-state index contributed by atoms with van der Waals surface area (Å²) in [6.07, 6.45) is 10.9. The highest BCUT2D eigenvalue weighted by molar-refractivity contribution is 7.09. The third kappa shape index (κ3) is 4.23. The number of hydrogen-bond acceptors (Lipinski definition) is 3. The molecule has 2 aliphatic heterocycles. The predicted octanol–water partition coefficient (Wildman–Crippen LogP) is 4.10. The van der Waals surface area contributed by atoms with Gasteiger partial charge in [-0.25, -0.2) is 0 Å². The van der Waals surface area contributed by atoms with Crippen molar-refractivity contribution < 1.29 is 9.59 Å². The van der Waals surface area contributed by atoms with E-state index in [0.717, 1.165) is 45.3 Å². The molecular formula is C22H32N2O2S. The van der Waals surface area contributed by atoms with Gasteiger partial charge in [-0.2, -0.15) is 0 Å². The molecule has 2 saturated heterocycles. The highest BCUT2D eigenvalue weighted by Crippen LogP contribution is 2.41. The molecule has 148 valence electrons. The van der Waals surface area contributed by atoms with Crippen molar-refractivity contribution in [2.75, 3.05) is 26.2 Å². The van der Waals surface area contributed by atoms with Gasteiger partial charge >= 0.3 is 0 Å². The standard InChI is InChI=1S/C22H32N2O2S/c25-20(10-9-19-8-4-15-27-19)24-14-12-22(17-24)11-5-13-23(21(22)26)16-18-6-2-1-3-7-18/h4,8,15,18H,1-3,5-7,9-14,16-17H2. The second-order valence-electron chi connectivity index (χ2n) is 8.78. The summed E-state index contributed by atoms with van der Waals surface area (Å²) in [6, 6.07) is 4.13. The first-order chi connectivity index (χ1) is 13.2. The van der Waals surface area contributed by atoms with E-state index in [2.05, 4.69) is 16.3 Å². The van der Waals surface area contributed by atoms with Crippen molar-refractivity contribution in [3.63, 3.8) is 0 Å². The van der Waals surface area contributed by atoms with Gasteiger partial charge in [0.05, 0.1) is 5.41 Å². The van der Waals surface area contributed by atoms with Crippen molar-refractivity contribution in [2.24, 2.45) is 11.3 Å². The fraction of sp³-hybridized carbons (Fsp3) is 0.727. The second-order valence-corrected chi connectivity index (χ2v) is 9.82. The first-order valence-electron chi connectivity index (χ1n) is 10.8. The molecule has 1 aliphatic carbocycles. The maximum atomic E-state index is 13.3. The van der Waals surface area contributed by atoms with Gasteiger partial charge in [-0.1, -0.05) is 25.3 Å². The lowest BCUT2D eigenvalue weighted by molar-refractivity contribution is -0.147. The van der Waals surface area contributed by atoms with E-state index < -0.39 is 0 Å². The van der Waals surface area contributed by atoms with Crippen LogP contribution < -0.4 is 0 Å². The van der Waals surface area contributed by atoms with E-state index in [0.29, 0.717) is 24.8 Å². The largest absolute Gasteiger partial charge is 0.342 e. The molecule has 1 aromatic rings. The Kier molecular flexibility index (Phi) is 5.86. The normalized spacial score (nSPS) is 26.9. The number of nitrogens with zero attached hydrogens (tertiary/aromatic N) is 2. The molecule has 4 rings (SSSR count). The molecule has 1 saturated carbocycles. The van der Waals surface area contributed by atoms with E-state index in [1.165, 1.54) is 37.0 Å². The molecule has 3 heterocycles. The summed E-state index contributed by atoms with van der Waals surface area (Å²) in [5, 5.41) is 2.06. The quantitative estimate of drug-likeness (QED) is 0.762. The first-order valence-corrected chi connectivity index (χ1v) is 11.6. The van der Waals surface area contributed by atoms with Gasteiger partial charge in [-0.15, -0.1) is 11.3 Å². The number of aryl methyl sites for hydroxylation is 1. The summed E-state index contributed by atoms with van der Waals surface area (Å²) in [7, 11) is 0. The van der Waals surface area contributed by atoms with E-state index in [-0.39, 0.29) is 11.3 Å². The number of likely N-dealkylation sites (tertiary alicyclic amines) is 2. The number of amides is 2. The highest BCUT2D eigenvalue weighted by Gasteiger charge is 2.49. The van der Waals surface area contributed by atoms with Gasteiger partial charge in [0.2, 0.25) is 11.8 Å². The Labute approximate surface area is 166 Å². The minimum atomic E-state index is -0.286. The van der Waals surface area contributed by atoms with Crippen molar-refractivity contribution in [2.45, 2.75) is 64.2 Å². The third-order valence-corrected chi connectivity index (χ3v) is 7.84. The topological polar surface area (TPSA) is 40.6 Å². The number of thiophene rings is 1. The van der Waals surface area contributed by atoms with Crippen LogP contribution in [0.2, 0.25) is 0 Å². The Hall–Kier alpha value is -1.36. The van der Waals surface area contributed by atoms with E-state index in [1.54, 1.807) is 11.3 Å². The summed E-state index contributed by atoms with van der Waals surface area (Å²) in [4.78, 5) is 31.4. The van der Waals surface area contributed by atoms with Crippen LogP contribution in [0.5, 0.6) is 0 Å². The van der Waals surface area contributed by atoms with Crippen LogP contribution in [0.4, 0.5) is 0 Å². The van der Waals surface area contributed by atoms with Crippen molar-refractivity contribution in [1.29, 1.82) is 0 Å². The van der Waals surface area contributed by atoms with Gasteiger partial charge in [-0.05, 0) is 55.9 Å². The van der Waals surface area contributed by atoms with Crippen LogP contribution in [0.25, 0.3) is 0 Å². The number of piperidine rings is 1. The molecule has 1 spiro atoms. The third-order valence-electron chi connectivity index (χ3n) is 6.90. The maximum Gasteiger partial charge on any atom is 0.230 e. The van der Waals surface area contributed by atoms with Crippen molar-refractivity contribution in [3.8, 4) is 0 Å². The van der Waals surface area contributed by atoms with Crippen LogP contribution in [0, 0.1) is 11.3 Å². The van der Waals surface area contributed by atoms with Gasteiger partial charge in [0.15, 0.2) is 0 Å². The summed E-state index contributed by atoms with van der Waals surface area (Å²) in [5.74, 6) is 1.26. The molecule has 2 amide bonds. The SMILES string of the molecule is O=C(CCc1cccs1)N1CCC2(CCCN(CC3CCCCC3)C2=O)C1. The Morgan fingerprint density at radius 1 is 1.15 bits per heavy atom. The van der Waals surface area contributed by atoms with E-state index in [4.69, 9.17) is 0 Å². The minimum absolute atomic E-state index is 0.220. The van der Waals surface area contributed by atoms with Crippen LogP contribution in [-0.4, -0.2) is 47.8 Å². The molecule has 0 radical (unpaired) electrons. The lowest BCUT2D eigenvalue weighted by Crippen LogP contribution is -2.51. The van der Waals surface area contributed by atoms with Crippen LogP contribution in [0.15, 0.2) is 17.5 Å². The number of carbonyl (C=O) groups is 2. The smallest absolute Gasteiger partial charge is 0.230 e. The summed E-state index contributed by atoms with van der Waals surface area (Å²) in [6.45, 7) is 3.28. The van der Waals surface area contributed by atoms with Crippen LogP contribution in [0.1, 0.15) is 62.7 Å². The Bertz CT molecular complexity index is 653. The molecule has 0 N–H and O–H groups in total. The summed E-state index contributed by atoms with van der Waals surface area (Å²) >= 11 is 1.71. The molecular weight excluding hydrogens is 356 g/mol. The average molecular weight is 389 g/mol. The Balaban J connectivity index is 1.33. The second kappa shape index (κ2) is 8.34. The van der Waals surface area contributed by atoms with Crippen molar-refractivity contribution in [3.05, 3.63) is 22.4 Å². The zero-order valence-electron chi connectivity index (χ0n) is 16.3. The first kappa shape index (κ1) is 19.0. The number of hydrogen-bond donors (Lipinski definition) is 0. The van der Waals surface area contributed by atoms with E-state index in [1.807, 2.05) is 11.0 Å². The molecule has 27 heavy (non-hydrogen) atoms. The number of carbonyl (C=O) groups excluding carboxylic acids is 2. The predicted molar refractivity (Wildman–Crippen MR) is 109 cm³/mol. The molecule has 1 atom stereocenters. The van der Waals surface area contributed by atoms with Crippen LogP contribution in [0.3, 0.4) is 0 Å². The molecule has 0 bridgehead atoms. The lowest BCUT2D eigenvalue weighted by Gasteiger charge is -2.41. The summed E-state index contributed by atoms with van der Waals surface area (Å²) < 4.78 is 0. The van der Waals surface area contributed by atoms with Crippen LogP contribution >= 0.6 is 11.3 Å².